The van der Waals surface area contributed by atoms with E-state index in [2.05, 4.69) is 9.55 Å². The summed E-state index contributed by atoms with van der Waals surface area (Å²) >= 11 is 6.04. The van der Waals surface area contributed by atoms with Crippen LogP contribution in [0.2, 0.25) is 5.02 Å². The van der Waals surface area contributed by atoms with E-state index in [4.69, 9.17) is 16.3 Å². The molecule has 156 valence electrons. The molecule has 2 heterocycles. The third-order valence-corrected chi connectivity index (χ3v) is 5.47. The predicted octanol–water partition coefficient (Wildman–Crippen LogP) is 4.92. The second-order valence-corrected chi connectivity index (χ2v) is 7.46. The summed E-state index contributed by atoms with van der Waals surface area (Å²) in [6, 6.07) is 16.7. The fourth-order valence-corrected chi connectivity index (χ4v) is 3.87. The SMILES string of the molecule is COc1ccc2c(c1)c(N(C(=O)C=O)c1ccncc1)c(C)n2Cc1ccc(Cl)cc1. The lowest BCUT2D eigenvalue weighted by Gasteiger charge is -2.21. The summed E-state index contributed by atoms with van der Waals surface area (Å²) in [5.41, 5.74) is 4.00. The molecule has 2 aromatic carbocycles. The number of pyridine rings is 1. The smallest absolute Gasteiger partial charge is 0.295 e. The molecule has 0 radical (unpaired) electrons. The van der Waals surface area contributed by atoms with Crippen molar-refractivity contribution in [2.45, 2.75) is 13.5 Å². The van der Waals surface area contributed by atoms with Crippen LogP contribution in [-0.4, -0.2) is 28.9 Å². The molecule has 31 heavy (non-hydrogen) atoms. The molecule has 0 aliphatic carbocycles. The van der Waals surface area contributed by atoms with Crippen molar-refractivity contribution in [3.05, 3.63) is 83.3 Å². The van der Waals surface area contributed by atoms with Crippen LogP contribution in [-0.2, 0) is 16.1 Å². The molecule has 0 saturated heterocycles. The molecule has 6 nitrogen and oxygen atoms in total. The molecule has 0 fully saturated rings. The van der Waals surface area contributed by atoms with Gasteiger partial charge in [0, 0.05) is 35.0 Å². The molecule has 0 saturated carbocycles. The first kappa shape index (κ1) is 20.6. The van der Waals surface area contributed by atoms with Crippen molar-refractivity contribution in [3.63, 3.8) is 0 Å². The molecule has 1 amide bonds. The first-order valence-corrected chi connectivity index (χ1v) is 10.0. The number of carbonyl (C=O) groups excluding carboxylic acids is 2. The zero-order chi connectivity index (χ0) is 22.0. The molecule has 0 unspecified atom stereocenters. The number of fused-ring (bicyclic) bond motifs is 1. The average molecular weight is 434 g/mol. The zero-order valence-corrected chi connectivity index (χ0v) is 17.8. The highest BCUT2D eigenvalue weighted by Crippen LogP contribution is 2.39. The predicted molar refractivity (Wildman–Crippen MR) is 121 cm³/mol. The standard InChI is InChI=1S/C24H20ClN3O3/c1-16-24(28(23(30)15-29)19-9-11-26-12-10-19)21-13-20(31-2)7-8-22(21)27(16)14-17-3-5-18(25)6-4-17/h3-13,15H,14H2,1-2H3. The van der Waals surface area contributed by atoms with E-state index < -0.39 is 5.91 Å². The number of halogens is 1. The Morgan fingerprint density at radius 1 is 1.13 bits per heavy atom. The maximum atomic E-state index is 12.8. The molecule has 0 spiro atoms. The molecule has 7 heteroatoms. The Bertz CT molecular complexity index is 1250. The number of aromatic nitrogens is 2. The van der Waals surface area contributed by atoms with Crippen LogP contribution in [0.3, 0.4) is 0 Å². The van der Waals surface area contributed by atoms with Gasteiger partial charge in [-0.25, -0.2) is 0 Å². The Morgan fingerprint density at radius 2 is 1.84 bits per heavy atom. The summed E-state index contributed by atoms with van der Waals surface area (Å²) in [4.78, 5) is 29.7. The number of carbonyl (C=O) groups is 2. The van der Waals surface area contributed by atoms with Gasteiger partial charge in [-0.3, -0.25) is 19.5 Å². The maximum absolute atomic E-state index is 12.8. The molecule has 0 aliphatic rings. The van der Waals surface area contributed by atoms with Crippen molar-refractivity contribution in [1.29, 1.82) is 0 Å². The molecule has 0 bridgehead atoms. The van der Waals surface area contributed by atoms with E-state index in [1.165, 1.54) is 4.90 Å². The van der Waals surface area contributed by atoms with Gasteiger partial charge in [0.25, 0.3) is 5.91 Å². The first-order chi connectivity index (χ1) is 15.0. The Hall–Kier alpha value is -3.64. The van der Waals surface area contributed by atoms with Gasteiger partial charge < -0.3 is 9.30 Å². The quantitative estimate of drug-likeness (QED) is 0.320. The van der Waals surface area contributed by atoms with Gasteiger partial charge in [0.15, 0.2) is 0 Å². The lowest BCUT2D eigenvalue weighted by atomic mass is 10.1. The number of anilines is 2. The minimum atomic E-state index is -0.664. The van der Waals surface area contributed by atoms with Crippen LogP contribution >= 0.6 is 11.6 Å². The molecule has 0 N–H and O–H groups in total. The summed E-state index contributed by atoms with van der Waals surface area (Å²) < 4.78 is 7.53. The van der Waals surface area contributed by atoms with Gasteiger partial charge in [-0.05, 0) is 55.0 Å². The number of ether oxygens (including phenoxy) is 1. The summed E-state index contributed by atoms with van der Waals surface area (Å²) in [5.74, 6) is -0.00622. The highest BCUT2D eigenvalue weighted by Gasteiger charge is 2.26. The molecule has 2 aromatic heterocycles. The molecule has 4 aromatic rings. The van der Waals surface area contributed by atoms with Crippen molar-refractivity contribution in [3.8, 4) is 5.75 Å². The largest absolute Gasteiger partial charge is 0.497 e. The van der Waals surface area contributed by atoms with Crippen LogP contribution in [0.1, 0.15) is 11.3 Å². The van der Waals surface area contributed by atoms with Gasteiger partial charge in [-0.1, -0.05) is 23.7 Å². The first-order valence-electron chi connectivity index (χ1n) is 9.64. The third-order valence-electron chi connectivity index (χ3n) is 5.22. The molecular formula is C24H20ClN3O3. The number of hydrogen-bond donors (Lipinski definition) is 0. The van der Waals surface area contributed by atoms with E-state index >= 15 is 0 Å². The number of nitrogens with zero attached hydrogens (tertiary/aromatic N) is 3. The second-order valence-electron chi connectivity index (χ2n) is 7.03. The monoisotopic (exact) mass is 433 g/mol. The number of methoxy groups -OCH3 is 1. The van der Waals surface area contributed by atoms with Gasteiger partial charge in [-0.2, -0.15) is 0 Å². The molecule has 4 rings (SSSR count). The van der Waals surface area contributed by atoms with Gasteiger partial charge in [0.2, 0.25) is 6.29 Å². The number of benzene rings is 2. The lowest BCUT2D eigenvalue weighted by Crippen LogP contribution is -2.27. The molecule has 0 atom stereocenters. The van der Waals surface area contributed by atoms with Gasteiger partial charge in [0.1, 0.15) is 5.75 Å². The number of rotatable bonds is 6. The van der Waals surface area contributed by atoms with E-state index in [0.717, 1.165) is 22.2 Å². The van der Waals surface area contributed by atoms with E-state index in [-0.39, 0.29) is 0 Å². The third kappa shape index (κ3) is 3.90. The highest BCUT2D eigenvalue weighted by atomic mass is 35.5. The Kier molecular flexibility index (Phi) is 5.73. The Labute approximate surface area is 184 Å². The van der Waals surface area contributed by atoms with Crippen LogP contribution in [0.15, 0.2) is 67.0 Å². The van der Waals surface area contributed by atoms with Gasteiger partial charge >= 0.3 is 0 Å². The zero-order valence-electron chi connectivity index (χ0n) is 17.1. The summed E-state index contributed by atoms with van der Waals surface area (Å²) in [5, 5.41) is 1.47. The molecule has 0 aliphatic heterocycles. The van der Waals surface area contributed by atoms with Crippen LogP contribution in [0.5, 0.6) is 5.75 Å². The van der Waals surface area contributed by atoms with Gasteiger partial charge in [-0.15, -0.1) is 0 Å². The highest BCUT2D eigenvalue weighted by molar-refractivity contribution is 6.34. The van der Waals surface area contributed by atoms with Crippen LogP contribution in [0.25, 0.3) is 10.9 Å². The minimum absolute atomic E-state index is 0.322. The van der Waals surface area contributed by atoms with E-state index in [1.54, 1.807) is 31.6 Å². The fraction of sp³-hybridized carbons (Fsp3) is 0.125. The number of amides is 1. The lowest BCUT2D eigenvalue weighted by molar-refractivity contribution is -0.129. The van der Waals surface area contributed by atoms with Crippen molar-refractivity contribution in [2.24, 2.45) is 0 Å². The average Bonchev–Trinajstić information content (AvgIpc) is 3.06. The summed E-state index contributed by atoms with van der Waals surface area (Å²) in [6.45, 7) is 2.51. The normalized spacial score (nSPS) is 10.8. The Balaban J connectivity index is 1.97. The number of aldehydes is 1. The van der Waals surface area contributed by atoms with Crippen LogP contribution < -0.4 is 9.64 Å². The fourth-order valence-electron chi connectivity index (χ4n) is 3.74. The van der Waals surface area contributed by atoms with Crippen molar-refractivity contribution >= 4 is 46.1 Å². The van der Waals surface area contributed by atoms with E-state index in [1.807, 2.05) is 49.4 Å². The summed E-state index contributed by atoms with van der Waals surface area (Å²) in [6.07, 6.45) is 3.49. The van der Waals surface area contributed by atoms with Gasteiger partial charge in [0.05, 0.1) is 24.0 Å². The number of hydrogen-bond acceptors (Lipinski definition) is 4. The van der Waals surface area contributed by atoms with E-state index in [9.17, 15) is 9.59 Å². The topological polar surface area (TPSA) is 64.4 Å². The van der Waals surface area contributed by atoms with Crippen molar-refractivity contribution in [1.82, 2.24) is 9.55 Å². The van der Waals surface area contributed by atoms with Crippen LogP contribution in [0.4, 0.5) is 11.4 Å². The summed E-state index contributed by atoms with van der Waals surface area (Å²) in [7, 11) is 1.59. The maximum Gasteiger partial charge on any atom is 0.295 e. The molecular weight excluding hydrogens is 414 g/mol. The minimum Gasteiger partial charge on any atom is -0.497 e. The van der Waals surface area contributed by atoms with Crippen molar-refractivity contribution < 1.29 is 14.3 Å². The van der Waals surface area contributed by atoms with Crippen molar-refractivity contribution in [2.75, 3.05) is 12.0 Å². The second kappa shape index (κ2) is 8.62. The van der Waals surface area contributed by atoms with E-state index in [0.29, 0.717) is 35.0 Å². The Morgan fingerprint density at radius 3 is 2.48 bits per heavy atom. The van der Waals surface area contributed by atoms with Crippen LogP contribution in [0, 0.1) is 6.92 Å².